The van der Waals surface area contributed by atoms with E-state index in [1.165, 1.54) is 12.1 Å². The molecular formula is C20H30FN3O2. The summed E-state index contributed by atoms with van der Waals surface area (Å²) in [5.74, 6) is 0.700. The Kier molecular flexibility index (Phi) is 6.86. The molecule has 0 radical (unpaired) electrons. The zero-order valence-corrected chi connectivity index (χ0v) is 15.8. The minimum atomic E-state index is -0.224. The lowest BCUT2D eigenvalue weighted by Crippen LogP contribution is -2.50. The van der Waals surface area contributed by atoms with Gasteiger partial charge in [0, 0.05) is 26.2 Å². The van der Waals surface area contributed by atoms with Gasteiger partial charge in [0.1, 0.15) is 11.9 Å². The number of benzene rings is 1. The molecule has 2 saturated heterocycles. The second-order valence-corrected chi connectivity index (χ2v) is 7.05. The van der Waals surface area contributed by atoms with Gasteiger partial charge < -0.3 is 19.7 Å². The van der Waals surface area contributed by atoms with E-state index in [0.717, 1.165) is 57.0 Å². The third kappa shape index (κ3) is 5.17. The molecule has 0 aromatic heterocycles. The normalized spacial score (nSPS) is 27.0. The van der Waals surface area contributed by atoms with Gasteiger partial charge in [0.15, 0.2) is 5.96 Å². The number of aliphatic imine (C=N–C) groups is 1. The summed E-state index contributed by atoms with van der Waals surface area (Å²) in [6.07, 6.45) is 3.64. The number of nitrogens with zero attached hydrogens (tertiary/aromatic N) is 2. The summed E-state index contributed by atoms with van der Waals surface area (Å²) < 4.78 is 25.0. The number of hydrogen-bond donors (Lipinski definition) is 1. The Morgan fingerprint density at radius 3 is 2.81 bits per heavy atom. The van der Waals surface area contributed by atoms with Crippen LogP contribution in [-0.2, 0) is 9.47 Å². The van der Waals surface area contributed by atoms with E-state index in [9.17, 15) is 4.39 Å². The summed E-state index contributed by atoms with van der Waals surface area (Å²) in [6, 6.07) is 6.59. The lowest BCUT2D eigenvalue weighted by Gasteiger charge is -2.38. The van der Waals surface area contributed by atoms with Crippen molar-refractivity contribution in [3.05, 3.63) is 35.6 Å². The van der Waals surface area contributed by atoms with Crippen LogP contribution in [0, 0.1) is 5.82 Å². The number of halogens is 1. The highest BCUT2D eigenvalue weighted by Crippen LogP contribution is 2.25. The molecular weight excluding hydrogens is 333 g/mol. The Bertz CT molecular complexity index is 587. The van der Waals surface area contributed by atoms with Gasteiger partial charge in [-0.15, -0.1) is 0 Å². The van der Waals surface area contributed by atoms with Crippen molar-refractivity contribution in [2.45, 2.75) is 51.4 Å². The summed E-state index contributed by atoms with van der Waals surface area (Å²) in [7, 11) is 0. The van der Waals surface area contributed by atoms with Crippen LogP contribution in [-0.4, -0.2) is 55.9 Å². The Morgan fingerprint density at radius 2 is 2.12 bits per heavy atom. The average molecular weight is 363 g/mol. The third-order valence-corrected chi connectivity index (χ3v) is 4.87. The van der Waals surface area contributed by atoms with E-state index in [1.54, 1.807) is 12.1 Å². The quantitative estimate of drug-likeness (QED) is 0.645. The van der Waals surface area contributed by atoms with E-state index in [2.05, 4.69) is 24.1 Å². The highest BCUT2D eigenvalue weighted by atomic mass is 19.1. The number of guanidine groups is 1. The molecule has 0 aliphatic carbocycles. The average Bonchev–Trinajstić information content (AvgIpc) is 3.14. The summed E-state index contributed by atoms with van der Waals surface area (Å²) in [5.41, 5.74) is 0.998. The topological polar surface area (TPSA) is 46.1 Å². The van der Waals surface area contributed by atoms with Crippen molar-refractivity contribution in [3.8, 4) is 0 Å². The lowest BCUT2D eigenvalue weighted by atomic mass is 10.1. The van der Waals surface area contributed by atoms with Gasteiger partial charge in [0.2, 0.25) is 0 Å². The van der Waals surface area contributed by atoms with E-state index in [0.29, 0.717) is 12.6 Å². The smallest absolute Gasteiger partial charge is 0.194 e. The van der Waals surface area contributed by atoms with Crippen LogP contribution in [0.3, 0.4) is 0 Å². The molecule has 3 rings (SSSR count). The van der Waals surface area contributed by atoms with Crippen LogP contribution in [0.1, 0.15) is 44.8 Å². The minimum absolute atomic E-state index is 0.0821. The molecule has 0 spiro atoms. The minimum Gasteiger partial charge on any atom is -0.378 e. The Labute approximate surface area is 155 Å². The van der Waals surface area contributed by atoms with Crippen LogP contribution in [0.5, 0.6) is 0 Å². The Balaban J connectivity index is 1.65. The second-order valence-electron chi connectivity index (χ2n) is 7.05. The maximum absolute atomic E-state index is 13.2. The van der Waals surface area contributed by atoms with Gasteiger partial charge in [0.05, 0.1) is 18.8 Å². The summed E-state index contributed by atoms with van der Waals surface area (Å²) in [5, 5.41) is 3.40. The summed E-state index contributed by atoms with van der Waals surface area (Å²) >= 11 is 0. The fourth-order valence-corrected chi connectivity index (χ4v) is 3.60. The van der Waals surface area contributed by atoms with Crippen molar-refractivity contribution < 1.29 is 13.9 Å². The Hall–Kier alpha value is -1.66. The predicted octanol–water partition coefficient (Wildman–Crippen LogP) is 3.12. The van der Waals surface area contributed by atoms with Crippen LogP contribution in [0.4, 0.5) is 4.39 Å². The molecule has 5 nitrogen and oxygen atoms in total. The first-order valence-electron chi connectivity index (χ1n) is 9.71. The van der Waals surface area contributed by atoms with Crippen molar-refractivity contribution >= 4 is 5.96 Å². The molecule has 0 saturated carbocycles. The molecule has 1 aromatic carbocycles. The van der Waals surface area contributed by atoms with Crippen molar-refractivity contribution in [1.29, 1.82) is 0 Å². The molecule has 144 valence electrons. The SMILES string of the molecule is CCNC(=NCCC1CCCO1)N1CC(C)OC(c2ccc(F)cc2)C1. The molecule has 2 fully saturated rings. The van der Waals surface area contributed by atoms with Crippen LogP contribution in [0.15, 0.2) is 29.3 Å². The lowest BCUT2D eigenvalue weighted by molar-refractivity contribution is -0.0605. The highest BCUT2D eigenvalue weighted by molar-refractivity contribution is 5.80. The van der Waals surface area contributed by atoms with Gasteiger partial charge in [-0.05, 0) is 50.8 Å². The molecule has 2 heterocycles. The van der Waals surface area contributed by atoms with Crippen LogP contribution in [0.2, 0.25) is 0 Å². The van der Waals surface area contributed by atoms with Gasteiger partial charge in [-0.3, -0.25) is 4.99 Å². The van der Waals surface area contributed by atoms with Crippen LogP contribution in [0.25, 0.3) is 0 Å². The van der Waals surface area contributed by atoms with E-state index >= 15 is 0 Å². The molecule has 2 aliphatic rings. The number of ether oxygens (including phenoxy) is 2. The molecule has 26 heavy (non-hydrogen) atoms. The van der Waals surface area contributed by atoms with Crippen LogP contribution < -0.4 is 5.32 Å². The van der Waals surface area contributed by atoms with Gasteiger partial charge in [-0.25, -0.2) is 4.39 Å². The zero-order valence-electron chi connectivity index (χ0n) is 15.8. The van der Waals surface area contributed by atoms with Crippen molar-refractivity contribution in [2.75, 3.05) is 32.8 Å². The maximum atomic E-state index is 13.2. The summed E-state index contributed by atoms with van der Waals surface area (Å²) in [6.45, 7) is 8.13. The van der Waals surface area contributed by atoms with E-state index in [-0.39, 0.29) is 18.0 Å². The molecule has 3 unspecified atom stereocenters. The molecule has 3 atom stereocenters. The molecule has 0 amide bonds. The molecule has 0 bridgehead atoms. The van der Waals surface area contributed by atoms with Crippen molar-refractivity contribution in [2.24, 2.45) is 4.99 Å². The zero-order chi connectivity index (χ0) is 18.4. The second kappa shape index (κ2) is 9.33. The largest absolute Gasteiger partial charge is 0.378 e. The number of nitrogens with one attached hydrogen (secondary N) is 1. The van der Waals surface area contributed by atoms with E-state index in [4.69, 9.17) is 14.5 Å². The molecule has 1 N–H and O–H groups in total. The van der Waals surface area contributed by atoms with Gasteiger partial charge in [-0.1, -0.05) is 12.1 Å². The van der Waals surface area contributed by atoms with E-state index in [1.807, 2.05) is 0 Å². The fourth-order valence-electron chi connectivity index (χ4n) is 3.60. The first-order valence-corrected chi connectivity index (χ1v) is 9.71. The van der Waals surface area contributed by atoms with E-state index < -0.39 is 0 Å². The standard InChI is InChI=1S/C20H30FN3O2/c1-3-22-20(23-11-10-18-5-4-12-25-18)24-13-15(2)26-19(14-24)16-6-8-17(21)9-7-16/h6-9,15,18-19H,3-5,10-14H2,1-2H3,(H,22,23). The predicted molar refractivity (Wildman–Crippen MR) is 101 cm³/mol. The first kappa shape index (κ1) is 19.1. The number of morpholine rings is 1. The van der Waals surface area contributed by atoms with Crippen LogP contribution >= 0.6 is 0 Å². The van der Waals surface area contributed by atoms with Crippen molar-refractivity contribution in [3.63, 3.8) is 0 Å². The number of rotatable bonds is 5. The summed E-state index contributed by atoms with van der Waals surface area (Å²) in [4.78, 5) is 7.06. The monoisotopic (exact) mass is 363 g/mol. The van der Waals surface area contributed by atoms with Gasteiger partial charge >= 0.3 is 0 Å². The van der Waals surface area contributed by atoms with Gasteiger partial charge in [0.25, 0.3) is 0 Å². The first-order chi connectivity index (χ1) is 12.7. The van der Waals surface area contributed by atoms with Crippen molar-refractivity contribution in [1.82, 2.24) is 10.2 Å². The maximum Gasteiger partial charge on any atom is 0.194 e. The highest BCUT2D eigenvalue weighted by Gasteiger charge is 2.28. The third-order valence-electron chi connectivity index (χ3n) is 4.87. The molecule has 2 aliphatic heterocycles. The molecule has 6 heteroatoms. The molecule has 1 aromatic rings. The Morgan fingerprint density at radius 1 is 1.31 bits per heavy atom. The van der Waals surface area contributed by atoms with Gasteiger partial charge in [-0.2, -0.15) is 0 Å². The number of hydrogen-bond acceptors (Lipinski definition) is 3. The fraction of sp³-hybridized carbons (Fsp3) is 0.650.